The molecule has 0 aromatic carbocycles. The fraction of sp³-hybridized carbons (Fsp3) is 0.714. The Morgan fingerprint density at radius 3 is 2.42 bits per heavy atom. The lowest BCUT2D eigenvalue weighted by atomic mass is 10.4. The van der Waals surface area contributed by atoms with Crippen LogP contribution < -0.4 is 11.1 Å². The third-order valence-electron chi connectivity index (χ3n) is 1.29. The summed E-state index contributed by atoms with van der Waals surface area (Å²) in [5.74, 6) is 0. The first-order valence-corrected chi connectivity index (χ1v) is 4.58. The molecule has 5 heteroatoms. The molecule has 0 rings (SSSR count). The summed E-state index contributed by atoms with van der Waals surface area (Å²) in [6, 6.07) is 0. The number of thiocarbonyl (C=S) groups is 2. The van der Waals surface area contributed by atoms with Crippen LogP contribution in [0.4, 0.5) is 0 Å². The van der Waals surface area contributed by atoms with Crippen molar-refractivity contribution in [2.45, 2.75) is 6.42 Å². The number of nitrogens with one attached hydrogen (secondary N) is 1. The van der Waals surface area contributed by atoms with E-state index in [4.69, 9.17) is 18.0 Å². The maximum atomic E-state index is 5.30. The molecule has 0 bridgehead atoms. The molecule has 70 valence electrons. The summed E-state index contributed by atoms with van der Waals surface area (Å²) in [5.41, 5.74) is 5.30. The van der Waals surface area contributed by atoms with E-state index in [1.807, 2.05) is 14.1 Å². The van der Waals surface area contributed by atoms with Gasteiger partial charge in [0.25, 0.3) is 0 Å². The van der Waals surface area contributed by atoms with Crippen molar-refractivity contribution >= 4 is 34.4 Å². The average Bonchev–Trinajstić information content (AvgIpc) is 1.97. The summed E-state index contributed by atoms with van der Waals surface area (Å²) < 4.78 is 0. The van der Waals surface area contributed by atoms with Crippen LogP contribution in [0.5, 0.6) is 0 Å². The maximum absolute atomic E-state index is 5.30. The molecule has 0 aliphatic carbocycles. The van der Waals surface area contributed by atoms with Crippen molar-refractivity contribution in [3.63, 3.8) is 0 Å². The van der Waals surface area contributed by atoms with Crippen molar-refractivity contribution in [1.82, 2.24) is 10.2 Å². The Kier molecular flexibility index (Phi) is 6.14. The van der Waals surface area contributed by atoms with Crippen LogP contribution in [0.25, 0.3) is 0 Å². The second-order valence-electron chi connectivity index (χ2n) is 2.78. The standard InChI is InChI=1S/C7H15N3S2/c1-10(2)5-3-4-9-7(12)6(8)11/h3-5H2,1-2H3,(H2,8,11)(H,9,12). The lowest BCUT2D eigenvalue weighted by Crippen LogP contribution is -2.34. The molecule has 0 saturated carbocycles. The minimum Gasteiger partial charge on any atom is -0.388 e. The molecule has 0 aliphatic rings. The smallest absolute Gasteiger partial charge is 0.133 e. The van der Waals surface area contributed by atoms with Gasteiger partial charge in [-0.15, -0.1) is 0 Å². The van der Waals surface area contributed by atoms with E-state index >= 15 is 0 Å². The molecule has 0 heterocycles. The van der Waals surface area contributed by atoms with E-state index in [0.717, 1.165) is 19.5 Å². The molecule has 0 radical (unpaired) electrons. The van der Waals surface area contributed by atoms with E-state index in [1.165, 1.54) is 0 Å². The van der Waals surface area contributed by atoms with Crippen LogP contribution in [-0.4, -0.2) is 42.1 Å². The van der Waals surface area contributed by atoms with Gasteiger partial charge in [0, 0.05) is 6.54 Å². The van der Waals surface area contributed by atoms with Crippen LogP contribution in [0.1, 0.15) is 6.42 Å². The molecule has 0 saturated heterocycles. The Bertz CT molecular complexity index is 168. The van der Waals surface area contributed by atoms with E-state index in [-0.39, 0.29) is 4.99 Å². The van der Waals surface area contributed by atoms with Crippen LogP contribution in [0, 0.1) is 0 Å². The number of nitrogens with two attached hydrogens (primary N) is 1. The molecule has 0 spiro atoms. The Balaban J connectivity index is 3.32. The van der Waals surface area contributed by atoms with Gasteiger partial charge in [-0.25, -0.2) is 0 Å². The Morgan fingerprint density at radius 1 is 1.42 bits per heavy atom. The minimum atomic E-state index is 0.273. The molecular weight excluding hydrogens is 190 g/mol. The van der Waals surface area contributed by atoms with E-state index in [0.29, 0.717) is 4.99 Å². The van der Waals surface area contributed by atoms with Gasteiger partial charge in [0.05, 0.1) is 0 Å². The van der Waals surface area contributed by atoms with Crippen molar-refractivity contribution in [2.24, 2.45) is 5.73 Å². The van der Waals surface area contributed by atoms with Gasteiger partial charge < -0.3 is 16.0 Å². The van der Waals surface area contributed by atoms with Crippen LogP contribution in [-0.2, 0) is 0 Å². The average molecular weight is 205 g/mol. The zero-order valence-electron chi connectivity index (χ0n) is 7.46. The van der Waals surface area contributed by atoms with Gasteiger partial charge in [-0.05, 0) is 27.1 Å². The van der Waals surface area contributed by atoms with E-state index in [1.54, 1.807) is 0 Å². The van der Waals surface area contributed by atoms with Gasteiger partial charge in [-0.3, -0.25) is 0 Å². The zero-order chi connectivity index (χ0) is 9.56. The summed E-state index contributed by atoms with van der Waals surface area (Å²) in [6.07, 6.45) is 1.04. The second-order valence-corrected chi connectivity index (χ2v) is 3.63. The molecule has 0 atom stereocenters. The molecule has 0 amide bonds. The van der Waals surface area contributed by atoms with Crippen molar-refractivity contribution < 1.29 is 0 Å². The third kappa shape index (κ3) is 6.45. The largest absolute Gasteiger partial charge is 0.388 e. The number of hydrogen-bond acceptors (Lipinski definition) is 3. The number of rotatable bonds is 4. The molecule has 0 aromatic heterocycles. The lowest BCUT2D eigenvalue weighted by molar-refractivity contribution is 0.400. The number of nitrogens with zero attached hydrogens (tertiary/aromatic N) is 1. The summed E-state index contributed by atoms with van der Waals surface area (Å²) in [5, 5.41) is 2.98. The van der Waals surface area contributed by atoms with Gasteiger partial charge in [-0.1, -0.05) is 24.4 Å². The SMILES string of the molecule is CN(C)CCCNC(=S)C(N)=S. The van der Waals surface area contributed by atoms with Gasteiger partial charge in [-0.2, -0.15) is 0 Å². The molecule has 0 unspecified atom stereocenters. The summed E-state index contributed by atoms with van der Waals surface area (Å²) in [7, 11) is 4.07. The predicted molar refractivity (Wildman–Crippen MR) is 60.6 cm³/mol. The fourth-order valence-electron chi connectivity index (χ4n) is 0.684. The van der Waals surface area contributed by atoms with Crippen molar-refractivity contribution in [3.8, 4) is 0 Å². The second kappa shape index (κ2) is 6.28. The van der Waals surface area contributed by atoms with Crippen LogP contribution in [0.15, 0.2) is 0 Å². The van der Waals surface area contributed by atoms with Crippen LogP contribution >= 0.6 is 24.4 Å². The highest BCUT2D eigenvalue weighted by Crippen LogP contribution is 1.81. The first kappa shape index (κ1) is 11.7. The minimum absolute atomic E-state index is 0.273. The molecule has 12 heavy (non-hydrogen) atoms. The van der Waals surface area contributed by atoms with Crippen molar-refractivity contribution in [2.75, 3.05) is 27.2 Å². The summed E-state index contributed by atoms with van der Waals surface area (Å²) >= 11 is 9.55. The van der Waals surface area contributed by atoms with Crippen molar-refractivity contribution in [3.05, 3.63) is 0 Å². The first-order valence-electron chi connectivity index (χ1n) is 3.76. The topological polar surface area (TPSA) is 41.3 Å². The monoisotopic (exact) mass is 205 g/mol. The Labute approximate surface area is 84.3 Å². The molecule has 3 nitrogen and oxygen atoms in total. The first-order chi connectivity index (χ1) is 5.54. The quantitative estimate of drug-likeness (QED) is 0.505. The van der Waals surface area contributed by atoms with E-state index in [9.17, 15) is 0 Å². The van der Waals surface area contributed by atoms with E-state index in [2.05, 4.69) is 22.4 Å². The maximum Gasteiger partial charge on any atom is 0.133 e. The van der Waals surface area contributed by atoms with Gasteiger partial charge in [0.2, 0.25) is 0 Å². The normalized spacial score (nSPS) is 9.92. The summed E-state index contributed by atoms with van der Waals surface area (Å²) in [4.78, 5) is 2.88. The number of hydrogen-bond donors (Lipinski definition) is 2. The predicted octanol–water partition coefficient (Wildman–Crippen LogP) is 0.141. The van der Waals surface area contributed by atoms with Crippen molar-refractivity contribution in [1.29, 1.82) is 0 Å². The molecule has 0 aromatic rings. The molecular formula is C7H15N3S2. The Morgan fingerprint density at radius 2 is 2.00 bits per heavy atom. The summed E-state index contributed by atoms with van der Waals surface area (Å²) in [6.45, 7) is 1.86. The highest BCUT2D eigenvalue weighted by molar-refractivity contribution is 7.89. The Hall–Kier alpha value is -0.260. The molecule has 0 aliphatic heterocycles. The van der Waals surface area contributed by atoms with Crippen LogP contribution in [0.2, 0.25) is 0 Å². The molecule has 3 N–H and O–H groups in total. The highest BCUT2D eigenvalue weighted by Gasteiger charge is 1.97. The van der Waals surface area contributed by atoms with Crippen LogP contribution in [0.3, 0.4) is 0 Å². The third-order valence-corrected chi connectivity index (χ3v) is 1.99. The highest BCUT2D eigenvalue weighted by atomic mass is 32.1. The van der Waals surface area contributed by atoms with Gasteiger partial charge in [0.1, 0.15) is 9.98 Å². The zero-order valence-corrected chi connectivity index (χ0v) is 9.10. The lowest BCUT2D eigenvalue weighted by Gasteiger charge is -2.10. The molecule has 0 fully saturated rings. The van der Waals surface area contributed by atoms with E-state index < -0.39 is 0 Å². The van der Waals surface area contributed by atoms with Gasteiger partial charge in [0.15, 0.2) is 0 Å². The fourth-order valence-corrected chi connectivity index (χ4v) is 0.859. The van der Waals surface area contributed by atoms with Gasteiger partial charge >= 0.3 is 0 Å².